The van der Waals surface area contributed by atoms with Gasteiger partial charge >= 0.3 is 0 Å². The molecule has 0 saturated heterocycles. The fraction of sp³-hybridized carbons (Fsp3) is 0.333. The van der Waals surface area contributed by atoms with E-state index in [1.165, 1.54) is 0 Å². The van der Waals surface area contributed by atoms with Gasteiger partial charge in [0.2, 0.25) is 0 Å². The van der Waals surface area contributed by atoms with Crippen LogP contribution in [0.15, 0.2) is 22.7 Å². The number of benzene rings is 1. The number of hydrogen-bond donors (Lipinski definition) is 1. The zero-order valence-electron chi connectivity index (χ0n) is 10.2. The van der Waals surface area contributed by atoms with E-state index >= 15 is 0 Å². The minimum Gasteiger partial charge on any atom is -0.483 e. The SMILES string of the molecule is CNCc1cc(Cl)ccc1OCc1nc(C)no1. The molecule has 2 rings (SSSR count). The van der Waals surface area contributed by atoms with Gasteiger partial charge in [-0.15, -0.1) is 0 Å². The molecule has 1 aromatic carbocycles. The second-order valence-electron chi connectivity index (χ2n) is 3.81. The maximum absolute atomic E-state index is 5.95. The smallest absolute Gasteiger partial charge is 0.264 e. The van der Waals surface area contributed by atoms with E-state index in [0.717, 1.165) is 11.3 Å². The van der Waals surface area contributed by atoms with Gasteiger partial charge in [-0.1, -0.05) is 16.8 Å². The summed E-state index contributed by atoms with van der Waals surface area (Å²) >= 11 is 5.95. The summed E-state index contributed by atoms with van der Waals surface area (Å²) in [7, 11) is 1.87. The zero-order valence-corrected chi connectivity index (χ0v) is 11.0. The van der Waals surface area contributed by atoms with Crippen molar-refractivity contribution in [3.05, 3.63) is 40.5 Å². The van der Waals surface area contributed by atoms with E-state index in [2.05, 4.69) is 15.5 Å². The van der Waals surface area contributed by atoms with Crippen molar-refractivity contribution in [1.29, 1.82) is 0 Å². The Balaban J connectivity index is 2.08. The van der Waals surface area contributed by atoms with Gasteiger partial charge in [0, 0.05) is 17.1 Å². The molecule has 0 fully saturated rings. The summed E-state index contributed by atoms with van der Waals surface area (Å²) in [5, 5.41) is 7.45. The quantitative estimate of drug-likeness (QED) is 0.901. The molecule has 1 aromatic heterocycles. The average Bonchev–Trinajstić information content (AvgIpc) is 2.75. The summed E-state index contributed by atoms with van der Waals surface area (Å²) in [5.41, 5.74) is 0.987. The van der Waals surface area contributed by atoms with E-state index in [0.29, 0.717) is 23.3 Å². The Kier molecular flexibility index (Phi) is 4.17. The van der Waals surface area contributed by atoms with Gasteiger partial charge in [-0.05, 0) is 32.2 Å². The summed E-state index contributed by atoms with van der Waals surface area (Å²) in [5.74, 6) is 1.81. The number of hydrogen-bond acceptors (Lipinski definition) is 5. The minimum absolute atomic E-state index is 0.249. The van der Waals surface area contributed by atoms with Crippen LogP contribution in [0.25, 0.3) is 0 Å². The molecule has 1 heterocycles. The molecule has 2 aromatic rings. The van der Waals surface area contributed by atoms with Crippen molar-refractivity contribution in [2.24, 2.45) is 0 Å². The van der Waals surface area contributed by atoms with Crippen LogP contribution >= 0.6 is 11.6 Å². The Morgan fingerprint density at radius 2 is 2.28 bits per heavy atom. The summed E-state index contributed by atoms with van der Waals surface area (Å²) in [6.07, 6.45) is 0. The fourth-order valence-electron chi connectivity index (χ4n) is 1.56. The van der Waals surface area contributed by atoms with Crippen molar-refractivity contribution in [2.75, 3.05) is 7.05 Å². The third-order valence-electron chi connectivity index (χ3n) is 2.31. The van der Waals surface area contributed by atoms with Crippen LogP contribution in [0.2, 0.25) is 5.02 Å². The molecule has 6 heteroatoms. The lowest BCUT2D eigenvalue weighted by Crippen LogP contribution is -2.07. The van der Waals surface area contributed by atoms with Gasteiger partial charge in [0.05, 0.1) is 0 Å². The van der Waals surface area contributed by atoms with Crippen LogP contribution in [-0.2, 0) is 13.2 Å². The van der Waals surface area contributed by atoms with Crippen LogP contribution in [0, 0.1) is 6.92 Å². The van der Waals surface area contributed by atoms with Crippen LogP contribution < -0.4 is 10.1 Å². The molecule has 18 heavy (non-hydrogen) atoms. The van der Waals surface area contributed by atoms with Crippen molar-refractivity contribution < 1.29 is 9.26 Å². The van der Waals surface area contributed by atoms with E-state index in [1.54, 1.807) is 13.0 Å². The first-order chi connectivity index (χ1) is 8.69. The van der Waals surface area contributed by atoms with Gasteiger partial charge in [-0.3, -0.25) is 0 Å². The van der Waals surface area contributed by atoms with Crippen molar-refractivity contribution in [3.63, 3.8) is 0 Å². The van der Waals surface area contributed by atoms with Crippen molar-refractivity contribution in [2.45, 2.75) is 20.1 Å². The summed E-state index contributed by atoms with van der Waals surface area (Å²) < 4.78 is 10.6. The topological polar surface area (TPSA) is 60.2 Å². The Hall–Kier alpha value is -1.59. The van der Waals surface area contributed by atoms with Crippen molar-refractivity contribution in [3.8, 4) is 5.75 Å². The Labute approximate surface area is 110 Å². The highest BCUT2D eigenvalue weighted by Crippen LogP contribution is 2.23. The largest absolute Gasteiger partial charge is 0.483 e. The summed E-state index contributed by atoms with van der Waals surface area (Å²) in [6.45, 7) is 2.69. The number of nitrogens with one attached hydrogen (secondary N) is 1. The molecule has 0 aliphatic rings. The molecule has 0 spiro atoms. The zero-order chi connectivity index (χ0) is 13.0. The van der Waals surface area contributed by atoms with Gasteiger partial charge in [-0.2, -0.15) is 4.98 Å². The van der Waals surface area contributed by atoms with Crippen molar-refractivity contribution >= 4 is 11.6 Å². The van der Waals surface area contributed by atoms with Gasteiger partial charge in [0.15, 0.2) is 12.4 Å². The van der Waals surface area contributed by atoms with Gasteiger partial charge in [0.25, 0.3) is 5.89 Å². The fourth-order valence-corrected chi connectivity index (χ4v) is 1.75. The highest BCUT2D eigenvalue weighted by molar-refractivity contribution is 6.30. The molecule has 0 aliphatic heterocycles. The van der Waals surface area contributed by atoms with E-state index in [-0.39, 0.29) is 6.61 Å². The number of ether oxygens (including phenoxy) is 1. The van der Waals surface area contributed by atoms with Crippen LogP contribution in [-0.4, -0.2) is 17.2 Å². The summed E-state index contributed by atoms with van der Waals surface area (Å²) in [4.78, 5) is 4.07. The summed E-state index contributed by atoms with van der Waals surface area (Å²) in [6, 6.07) is 5.49. The second-order valence-corrected chi connectivity index (χ2v) is 4.24. The number of rotatable bonds is 5. The maximum Gasteiger partial charge on any atom is 0.264 e. The number of nitrogens with zero attached hydrogens (tertiary/aromatic N) is 2. The lowest BCUT2D eigenvalue weighted by molar-refractivity contribution is 0.240. The van der Waals surface area contributed by atoms with Crippen LogP contribution in [0.5, 0.6) is 5.75 Å². The maximum atomic E-state index is 5.95. The highest BCUT2D eigenvalue weighted by Gasteiger charge is 2.07. The number of aromatic nitrogens is 2. The van der Waals surface area contributed by atoms with Gasteiger partial charge in [0.1, 0.15) is 5.75 Å². The second kappa shape index (κ2) is 5.84. The molecular formula is C12H14ClN3O2. The van der Waals surface area contributed by atoms with E-state index in [9.17, 15) is 0 Å². The normalized spacial score (nSPS) is 10.6. The molecule has 0 unspecified atom stereocenters. The minimum atomic E-state index is 0.249. The molecule has 0 bridgehead atoms. The first kappa shape index (κ1) is 12.9. The lowest BCUT2D eigenvalue weighted by atomic mass is 10.2. The van der Waals surface area contributed by atoms with E-state index in [1.807, 2.05) is 19.2 Å². The van der Waals surface area contributed by atoms with Gasteiger partial charge < -0.3 is 14.6 Å². The standard InChI is InChI=1S/C12H14ClN3O2/c1-8-15-12(18-16-8)7-17-11-4-3-10(13)5-9(11)6-14-2/h3-5,14H,6-7H2,1-2H3. The highest BCUT2D eigenvalue weighted by atomic mass is 35.5. The predicted octanol–water partition coefficient (Wildman–Crippen LogP) is 2.33. The molecule has 0 radical (unpaired) electrons. The van der Waals surface area contributed by atoms with E-state index < -0.39 is 0 Å². The molecule has 96 valence electrons. The first-order valence-electron chi connectivity index (χ1n) is 5.54. The lowest BCUT2D eigenvalue weighted by Gasteiger charge is -2.10. The third-order valence-corrected chi connectivity index (χ3v) is 2.55. The van der Waals surface area contributed by atoms with Crippen LogP contribution in [0.3, 0.4) is 0 Å². The third kappa shape index (κ3) is 3.21. The first-order valence-corrected chi connectivity index (χ1v) is 5.92. The van der Waals surface area contributed by atoms with Gasteiger partial charge in [-0.25, -0.2) is 0 Å². The van der Waals surface area contributed by atoms with E-state index in [4.69, 9.17) is 20.9 Å². The Bertz CT molecular complexity index is 528. The molecule has 0 aliphatic carbocycles. The predicted molar refractivity (Wildman–Crippen MR) is 67.6 cm³/mol. The molecule has 1 N–H and O–H groups in total. The Morgan fingerprint density at radius 1 is 1.44 bits per heavy atom. The Morgan fingerprint density at radius 3 is 2.94 bits per heavy atom. The number of halogens is 1. The van der Waals surface area contributed by atoms with Crippen molar-refractivity contribution in [1.82, 2.24) is 15.5 Å². The molecular weight excluding hydrogens is 254 g/mol. The van der Waals surface area contributed by atoms with Crippen LogP contribution in [0.1, 0.15) is 17.3 Å². The molecule has 5 nitrogen and oxygen atoms in total. The average molecular weight is 268 g/mol. The molecule has 0 saturated carbocycles. The molecule has 0 amide bonds. The monoisotopic (exact) mass is 267 g/mol. The van der Waals surface area contributed by atoms with Crippen LogP contribution in [0.4, 0.5) is 0 Å². The number of aryl methyl sites for hydroxylation is 1. The molecule has 0 atom stereocenters.